The summed E-state index contributed by atoms with van der Waals surface area (Å²) in [6.07, 6.45) is 2.86. The molecule has 6 nitrogen and oxygen atoms in total. The van der Waals surface area contributed by atoms with Crippen LogP contribution in [0.1, 0.15) is 16.8 Å². The number of halogens is 1. The summed E-state index contributed by atoms with van der Waals surface area (Å²) in [6, 6.07) is 10.0. The summed E-state index contributed by atoms with van der Waals surface area (Å²) in [5, 5.41) is 3.57. The highest BCUT2D eigenvalue weighted by Crippen LogP contribution is 2.37. The molecule has 0 atom stereocenters. The third-order valence-electron chi connectivity index (χ3n) is 5.48. The van der Waals surface area contributed by atoms with Crippen molar-refractivity contribution in [3.05, 3.63) is 63.9 Å². The van der Waals surface area contributed by atoms with Crippen molar-refractivity contribution in [2.75, 3.05) is 13.3 Å². The van der Waals surface area contributed by atoms with Gasteiger partial charge in [-0.05, 0) is 23.6 Å². The van der Waals surface area contributed by atoms with Gasteiger partial charge in [0.25, 0.3) is 0 Å². The first-order valence-corrected chi connectivity index (χ1v) is 11.0. The summed E-state index contributed by atoms with van der Waals surface area (Å²) in [4.78, 5) is 17.4. The molecule has 2 aliphatic heterocycles. The average Bonchev–Trinajstić information content (AvgIpc) is 3.44. The van der Waals surface area contributed by atoms with Crippen LogP contribution in [0.3, 0.4) is 0 Å². The minimum Gasteiger partial charge on any atom is -0.454 e. The Hall–Kier alpha value is -2.74. The standard InChI is InChI=1S/C22H17ClN4O2S/c23-21-14(6-13-7-18-19(29-12-28-18)8-17(13)25-21)10-27-4-3-16-15(11-27)9-24-22(26-16)20-2-1-5-30-20/h1-2,5-9H,3-4,10-12H2. The van der Waals surface area contributed by atoms with Crippen molar-refractivity contribution in [2.45, 2.75) is 19.5 Å². The van der Waals surface area contributed by atoms with E-state index in [-0.39, 0.29) is 6.79 Å². The van der Waals surface area contributed by atoms with E-state index in [0.717, 1.165) is 64.7 Å². The van der Waals surface area contributed by atoms with Crippen molar-refractivity contribution in [1.29, 1.82) is 0 Å². The molecule has 0 fully saturated rings. The molecule has 0 radical (unpaired) electrons. The van der Waals surface area contributed by atoms with Gasteiger partial charge < -0.3 is 9.47 Å². The lowest BCUT2D eigenvalue weighted by atomic mass is 10.1. The fourth-order valence-corrected chi connectivity index (χ4v) is 4.84. The number of thiophene rings is 1. The molecule has 0 N–H and O–H groups in total. The van der Waals surface area contributed by atoms with Gasteiger partial charge in [-0.1, -0.05) is 17.7 Å². The molecule has 1 aromatic carbocycles. The van der Waals surface area contributed by atoms with E-state index in [1.54, 1.807) is 11.3 Å². The van der Waals surface area contributed by atoms with Crippen molar-refractivity contribution in [2.24, 2.45) is 0 Å². The van der Waals surface area contributed by atoms with Crippen LogP contribution in [0.15, 0.2) is 41.9 Å². The fourth-order valence-electron chi connectivity index (χ4n) is 3.97. The number of pyridine rings is 1. The Bertz CT molecular complexity index is 1260. The van der Waals surface area contributed by atoms with E-state index in [1.807, 2.05) is 24.4 Å². The number of benzene rings is 1. The maximum absolute atomic E-state index is 6.52. The number of aromatic nitrogens is 3. The molecule has 150 valence electrons. The summed E-state index contributed by atoms with van der Waals surface area (Å²) >= 11 is 8.18. The molecular formula is C22H17ClN4O2S. The first-order valence-electron chi connectivity index (χ1n) is 9.73. The van der Waals surface area contributed by atoms with Gasteiger partial charge in [0.2, 0.25) is 6.79 Å². The van der Waals surface area contributed by atoms with Gasteiger partial charge in [0.1, 0.15) is 5.15 Å². The van der Waals surface area contributed by atoms with Gasteiger partial charge in [-0.3, -0.25) is 4.90 Å². The van der Waals surface area contributed by atoms with E-state index in [2.05, 4.69) is 32.4 Å². The zero-order chi connectivity index (χ0) is 20.1. The van der Waals surface area contributed by atoms with Crippen molar-refractivity contribution in [1.82, 2.24) is 19.9 Å². The first-order chi connectivity index (χ1) is 14.7. The van der Waals surface area contributed by atoms with Crippen LogP contribution in [0.25, 0.3) is 21.6 Å². The number of hydrogen-bond acceptors (Lipinski definition) is 7. The molecule has 0 aliphatic carbocycles. The molecule has 0 spiro atoms. The summed E-state index contributed by atoms with van der Waals surface area (Å²) in [5.74, 6) is 2.29. The Labute approximate surface area is 182 Å². The Balaban J connectivity index is 1.25. The molecule has 4 aromatic rings. The number of hydrogen-bond donors (Lipinski definition) is 0. The summed E-state index contributed by atoms with van der Waals surface area (Å²) in [7, 11) is 0. The maximum atomic E-state index is 6.52. The van der Waals surface area contributed by atoms with Crippen molar-refractivity contribution >= 4 is 33.8 Å². The second kappa shape index (κ2) is 7.19. The first kappa shape index (κ1) is 18.1. The highest BCUT2D eigenvalue weighted by Gasteiger charge is 2.21. The summed E-state index contributed by atoms with van der Waals surface area (Å²) in [6.45, 7) is 2.69. The van der Waals surface area contributed by atoms with Crippen LogP contribution in [0.2, 0.25) is 5.15 Å². The molecule has 0 saturated carbocycles. The summed E-state index contributed by atoms with van der Waals surface area (Å²) < 4.78 is 10.9. The minimum atomic E-state index is 0.246. The lowest BCUT2D eigenvalue weighted by Gasteiger charge is -2.28. The van der Waals surface area contributed by atoms with Crippen LogP contribution in [-0.4, -0.2) is 33.2 Å². The molecule has 3 aromatic heterocycles. The molecule has 5 heterocycles. The predicted octanol–water partition coefficient (Wildman–Crippen LogP) is 4.69. The number of nitrogens with zero attached hydrogens (tertiary/aromatic N) is 4. The van der Waals surface area contributed by atoms with Gasteiger partial charge >= 0.3 is 0 Å². The molecule has 0 unspecified atom stereocenters. The highest BCUT2D eigenvalue weighted by atomic mass is 35.5. The second-order valence-electron chi connectivity index (χ2n) is 7.44. The van der Waals surface area contributed by atoms with Gasteiger partial charge in [0, 0.05) is 54.8 Å². The van der Waals surface area contributed by atoms with Crippen LogP contribution in [0.4, 0.5) is 0 Å². The Morgan fingerprint density at radius 1 is 1.13 bits per heavy atom. The van der Waals surface area contributed by atoms with Crippen LogP contribution in [-0.2, 0) is 19.5 Å². The Morgan fingerprint density at radius 2 is 2.03 bits per heavy atom. The van der Waals surface area contributed by atoms with Gasteiger partial charge in [-0.25, -0.2) is 15.0 Å². The Kier molecular flexibility index (Phi) is 4.33. The molecule has 0 amide bonds. The van der Waals surface area contributed by atoms with Gasteiger partial charge in [0.15, 0.2) is 17.3 Å². The lowest BCUT2D eigenvalue weighted by Crippen LogP contribution is -2.31. The minimum absolute atomic E-state index is 0.246. The molecule has 0 saturated heterocycles. The number of rotatable bonds is 3. The highest BCUT2D eigenvalue weighted by molar-refractivity contribution is 7.13. The van der Waals surface area contributed by atoms with Crippen molar-refractivity contribution in [3.63, 3.8) is 0 Å². The van der Waals surface area contributed by atoms with Gasteiger partial charge in [0.05, 0.1) is 16.1 Å². The predicted molar refractivity (Wildman–Crippen MR) is 116 cm³/mol. The van der Waals surface area contributed by atoms with Gasteiger partial charge in [-0.2, -0.15) is 0 Å². The molecule has 6 rings (SSSR count). The SMILES string of the molecule is Clc1nc2cc3c(cc2cc1CN1CCc2nc(-c4cccs4)ncc2C1)OCO3. The van der Waals surface area contributed by atoms with E-state index < -0.39 is 0 Å². The maximum Gasteiger partial charge on any atom is 0.231 e. The smallest absolute Gasteiger partial charge is 0.231 e. The number of fused-ring (bicyclic) bond motifs is 3. The quantitative estimate of drug-likeness (QED) is 0.434. The van der Waals surface area contributed by atoms with Crippen molar-refractivity contribution in [3.8, 4) is 22.2 Å². The summed E-state index contributed by atoms with van der Waals surface area (Å²) in [5.41, 5.74) is 4.13. The molecule has 30 heavy (non-hydrogen) atoms. The van der Waals surface area contributed by atoms with E-state index >= 15 is 0 Å². The average molecular weight is 437 g/mol. The lowest BCUT2D eigenvalue weighted by molar-refractivity contribution is 0.174. The van der Waals surface area contributed by atoms with E-state index in [1.165, 1.54) is 5.56 Å². The molecular weight excluding hydrogens is 420 g/mol. The van der Waals surface area contributed by atoms with Crippen LogP contribution in [0, 0.1) is 0 Å². The molecule has 0 bridgehead atoms. The zero-order valence-electron chi connectivity index (χ0n) is 16.0. The van der Waals surface area contributed by atoms with Crippen molar-refractivity contribution < 1.29 is 9.47 Å². The molecule has 8 heteroatoms. The van der Waals surface area contributed by atoms with Crippen LogP contribution < -0.4 is 9.47 Å². The topological polar surface area (TPSA) is 60.4 Å². The zero-order valence-corrected chi connectivity index (χ0v) is 17.5. The van der Waals surface area contributed by atoms with Crippen LogP contribution in [0.5, 0.6) is 11.5 Å². The normalized spacial score (nSPS) is 15.5. The van der Waals surface area contributed by atoms with E-state index in [4.69, 9.17) is 26.1 Å². The number of ether oxygens (including phenoxy) is 2. The van der Waals surface area contributed by atoms with E-state index in [9.17, 15) is 0 Å². The van der Waals surface area contributed by atoms with Crippen LogP contribution >= 0.6 is 22.9 Å². The van der Waals surface area contributed by atoms with Gasteiger partial charge in [-0.15, -0.1) is 11.3 Å². The Morgan fingerprint density at radius 3 is 2.90 bits per heavy atom. The van der Waals surface area contributed by atoms with E-state index in [0.29, 0.717) is 10.9 Å². The fraction of sp³-hybridized carbons (Fsp3) is 0.227. The second-order valence-corrected chi connectivity index (χ2v) is 8.75. The third-order valence-corrected chi connectivity index (χ3v) is 6.68. The largest absolute Gasteiger partial charge is 0.454 e. The molecule has 2 aliphatic rings. The third kappa shape index (κ3) is 3.19. The monoisotopic (exact) mass is 436 g/mol.